The third-order valence-electron chi connectivity index (χ3n) is 1.84. The third kappa shape index (κ3) is 3.13. The first-order valence-corrected chi connectivity index (χ1v) is 4.65. The molecule has 0 spiro atoms. The predicted octanol–water partition coefficient (Wildman–Crippen LogP) is 1.07. The molecule has 16 heavy (non-hydrogen) atoms. The lowest BCUT2D eigenvalue weighted by Gasteiger charge is -1.98. The van der Waals surface area contributed by atoms with E-state index in [-0.39, 0.29) is 17.3 Å². The van der Waals surface area contributed by atoms with Crippen molar-refractivity contribution in [1.29, 1.82) is 0 Å². The number of hydrogen-bond donors (Lipinski definition) is 2. The van der Waals surface area contributed by atoms with E-state index in [1.165, 1.54) is 12.3 Å². The van der Waals surface area contributed by atoms with Gasteiger partial charge in [-0.2, -0.15) is 0 Å². The van der Waals surface area contributed by atoms with Gasteiger partial charge in [-0.05, 0) is 6.92 Å². The highest BCUT2D eigenvalue weighted by atomic mass is 16.6. The fourth-order valence-corrected chi connectivity index (χ4v) is 1.08. The molecule has 6 nitrogen and oxygen atoms in total. The maximum absolute atomic E-state index is 11.4. The normalized spacial score (nSPS) is 9.06. The van der Waals surface area contributed by atoms with Gasteiger partial charge in [0.25, 0.3) is 11.6 Å². The van der Waals surface area contributed by atoms with Gasteiger partial charge in [-0.3, -0.25) is 14.9 Å². The van der Waals surface area contributed by atoms with Gasteiger partial charge in [-0.1, -0.05) is 0 Å². The number of H-pyrrole nitrogens is 1. The highest BCUT2D eigenvalue weighted by molar-refractivity contribution is 5.93. The monoisotopic (exact) mass is 221 g/mol. The van der Waals surface area contributed by atoms with E-state index in [9.17, 15) is 14.9 Å². The van der Waals surface area contributed by atoms with Gasteiger partial charge in [0.05, 0.1) is 11.1 Å². The van der Waals surface area contributed by atoms with Crippen molar-refractivity contribution in [3.63, 3.8) is 0 Å². The molecule has 0 aliphatic carbocycles. The van der Waals surface area contributed by atoms with Crippen LogP contribution < -0.4 is 5.32 Å². The van der Waals surface area contributed by atoms with Gasteiger partial charge in [0.1, 0.15) is 5.69 Å². The smallest absolute Gasteiger partial charge is 0.287 e. The molecule has 84 valence electrons. The molecule has 0 bridgehead atoms. The Bertz CT molecular complexity index is 453. The van der Waals surface area contributed by atoms with Crippen molar-refractivity contribution in [2.24, 2.45) is 0 Å². The molecule has 0 radical (unpaired) electrons. The highest BCUT2D eigenvalue weighted by Gasteiger charge is 2.13. The summed E-state index contributed by atoms with van der Waals surface area (Å²) in [5.41, 5.74) is 0.0506. The molecule has 1 rings (SSSR count). The van der Waals surface area contributed by atoms with Crippen LogP contribution in [0.1, 0.15) is 23.8 Å². The Kier molecular flexibility index (Phi) is 4.09. The van der Waals surface area contributed by atoms with Crippen LogP contribution in [-0.4, -0.2) is 22.4 Å². The Hall–Kier alpha value is -2.29. The van der Waals surface area contributed by atoms with Crippen LogP contribution in [0.2, 0.25) is 0 Å². The van der Waals surface area contributed by atoms with Crippen molar-refractivity contribution >= 4 is 11.6 Å². The molecule has 0 aliphatic rings. The Labute approximate surface area is 92.2 Å². The van der Waals surface area contributed by atoms with Gasteiger partial charge in [0, 0.05) is 19.0 Å². The van der Waals surface area contributed by atoms with Crippen molar-refractivity contribution < 1.29 is 9.72 Å². The largest absolute Gasteiger partial charge is 0.351 e. The molecular weight excluding hydrogens is 210 g/mol. The highest BCUT2D eigenvalue weighted by Crippen LogP contribution is 2.11. The molecule has 0 aromatic carbocycles. The van der Waals surface area contributed by atoms with Gasteiger partial charge in [0.15, 0.2) is 0 Å². The van der Waals surface area contributed by atoms with Crippen LogP contribution in [0.25, 0.3) is 0 Å². The van der Waals surface area contributed by atoms with Crippen LogP contribution in [-0.2, 0) is 0 Å². The Morgan fingerprint density at radius 3 is 3.00 bits per heavy atom. The lowest BCUT2D eigenvalue weighted by molar-refractivity contribution is -0.384. The van der Waals surface area contributed by atoms with Crippen molar-refractivity contribution in [3.8, 4) is 11.8 Å². The minimum atomic E-state index is -0.560. The van der Waals surface area contributed by atoms with Crippen LogP contribution >= 0.6 is 0 Å². The molecule has 0 aliphatic heterocycles. The summed E-state index contributed by atoms with van der Waals surface area (Å²) in [6.45, 7) is 2.14. The summed E-state index contributed by atoms with van der Waals surface area (Å²) in [7, 11) is 0. The van der Waals surface area contributed by atoms with E-state index in [0.717, 1.165) is 0 Å². The number of aromatic amines is 1. The van der Waals surface area contributed by atoms with E-state index in [4.69, 9.17) is 0 Å². The van der Waals surface area contributed by atoms with Crippen LogP contribution in [0.5, 0.6) is 0 Å². The van der Waals surface area contributed by atoms with Crippen molar-refractivity contribution in [1.82, 2.24) is 10.3 Å². The Balaban J connectivity index is 2.51. The lowest BCUT2D eigenvalue weighted by Crippen LogP contribution is -2.24. The van der Waals surface area contributed by atoms with Gasteiger partial charge in [0.2, 0.25) is 0 Å². The zero-order valence-corrected chi connectivity index (χ0v) is 8.74. The standard InChI is InChI=1S/C10H11N3O3/c1-2-3-4-5-11-10(14)9-6-8(7-12-9)13(15)16/h6-7,12H,4-5H2,1H3,(H,11,14). The summed E-state index contributed by atoms with van der Waals surface area (Å²) < 4.78 is 0. The number of nitro groups is 1. The molecule has 0 atom stereocenters. The third-order valence-corrected chi connectivity index (χ3v) is 1.84. The van der Waals surface area contributed by atoms with Crippen LogP contribution in [0.4, 0.5) is 5.69 Å². The SMILES string of the molecule is CC#CCCNC(=O)c1cc([N+](=O)[O-])c[nH]1. The fourth-order valence-electron chi connectivity index (χ4n) is 1.08. The summed E-state index contributed by atoms with van der Waals surface area (Å²) in [4.78, 5) is 23.8. The number of hydrogen-bond acceptors (Lipinski definition) is 3. The number of carbonyl (C=O) groups is 1. The second kappa shape index (κ2) is 5.56. The molecule has 2 N–H and O–H groups in total. The minimum Gasteiger partial charge on any atom is -0.351 e. The fraction of sp³-hybridized carbons (Fsp3) is 0.300. The number of nitrogens with one attached hydrogen (secondary N) is 2. The van der Waals surface area contributed by atoms with E-state index in [1.807, 2.05) is 0 Å². The topological polar surface area (TPSA) is 88.0 Å². The van der Waals surface area contributed by atoms with Gasteiger partial charge >= 0.3 is 0 Å². The summed E-state index contributed by atoms with van der Waals surface area (Å²) >= 11 is 0. The number of aromatic nitrogens is 1. The first-order valence-electron chi connectivity index (χ1n) is 4.65. The molecule has 1 aromatic heterocycles. The van der Waals surface area contributed by atoms with Gasteiger partial charge in [-0.25, -0.2) is 0 Å². The van der Waals surface area contributed by atoms with Crippen LogP contribution in [0, 0.1) is 22.0 Å². The van der Waals surface area contributed by atoms with Gasteiger partial charge in [-0.15, -0.1) is 11.8 Å². The summed E-state index contributed by atoms with van der Waals surface area (Å²) in [6, 6.07) is 1.20. The molecule has 0 unspecified atom stereocenters. The first-order chi connectivity index (χ1) is 7.65. The quantitative estimate of drug-likeness (QED) is 0.345. The van der Waals surface area contributed by atoms with Crippen molar-refractivity contribution in [2.45, 2.75) is 13.3 Å². The molecule has 1 heterocycles. The second-order valence-electron chi connectivity index (χ2n) is 2.96. The number of carbonyl (C=O) groups excluding carboxylic acids is 1. The Morgan fingerprint density at radius 1 is 1.69 bits per heavy atom. The van der Waals surface area contributed by atoms with Crippen molar-refractivity contribution in [3.05, 3.63) is 28.1 Å². The Morgan fingerprint density at radius 2 is 2.44 bits per heavy atom. The number of amides is 1. The summed E-state index contributed by atoms with van der Waals surface area (Å²) in [5.74, 6) is 5.13. The molecule has 0 saturated carbocycles. The van der Waals surface area contributed by atoms with Crippen LogP contribution in [0.3, 0.4) is 0 Å². The number of rotatable bonds is 4. The molecular formula is C10H11N3O3. The van der Waals surface area contributed by atoms with Crippen LogP contribution in [0.15, 0.2) is 12.3 Å². The first kappa shape index (κ1) is 11.8. The zero-order valence-electron chi connectivity index (χ0n) is 8.74. The molecule has 1 aromatic rings. The van der Waals surface area contributed by atoms with Gasteiger partial charge < -0.3 is 10.3 Å². The molecule has 6 heteroatoms. The van der Waals surface area contributed by atoms with E-state index in [0.29, 0.717) is 13.0 Å². The maximum atomic E-state index is 11.4. The predicted molar refractivity (Wildman–Crippen MR) is 57.8 cm³/mol. The average molecular weight is 221 g/mol. The summed E-state index contributed by atoms with van der Waals surface area (Å²) in [5, 5.41) is 13.0. The van der Waals surface area contributed by atoms with E-state index < -0.39 is 4.92 Å². The molecule has 1 amide bonds. The van der Waals surface area contributed by atoms with E-state index in [1.54, 1.807) is 6.92 Å². The number of nitrogens with zero attached hydrogens (tertiary/aromatic N) is 1. The van der Waals surface area contributed by atoms with E-state index in [2.05, 4.69) is 22.1 Å². The average Bonchev–Trinajstić information content (AvgIpc) is 2.73. The maximum Gasteiger partial charge on any atom is 0.287 e. The van der Waals surface area contributed by atoms with E-state index >= 15 is 0 Å². The van der Waals surface area contributed by atoms with Crippen molar-refractivity contribution in [2.75, 3.05) is 6.54 Å². The lowest BCUT2D eigenvalue weighted by atomic mass is 10.3. The molecule has 0 saturated heterocycles. The summed E-state index contributed by atoms with van der Waals surface area (Å²) in [6.07, 6.45) is 1.74. The second-order valence-corrected chi connectivity index (χ2v) is 2.96. The minimum absolute atomic E-state index is 0.126. The molecule has 0 fully saturated rings. The zero-order chi connectivity index (χ0) is 12.0.